The monoisotopic (exact) mass is 197 g/mol. The number of rotatable bonds is 4. The molecule has 0 amide bonds. The van der Waals surface area contributed by atoms with Crippen molar-refractivity contribution < 1.29 is 4.74 Å². The van der Waals surface area contributed by atoms with Crippen LogP contribution in [-0.4, -0.2) is 38.3 Å². The van der Waals surface area contributed by atoms with Gasteiger partial charge in [0.05, 0.1) is 7.11 Å². The average Bonchev–Trinajstić information content (AvgIpc) is 2.20. The molecular weight excluding hydrogens is 178 g/mol. The van der Waals surface area contributed by atoms with Crippen molar-refractivity contribution in [1.82, 2.24) is 4.90 Å². The Balaban J connectivity index is 4.60. The van der Waals surface area contributed by atoms with Crippen molar-refractivity contribution in [3.63, 3.8) is 0 Å². The summed E-state index contributed by atoms with van der Waals surface area (Å²) in [6.07, 6.45) is 2.83. The Kier molecular flexibility index (Phi) is 6.45. The molecule has 80 valence electrons. The Labute approximate surface area is 86.0 Å². The van der Waals surface area contributed by atoms with Gasteiger partial charge >= 0.3 is 0 Å². The average molecular weight is 197 g/mol. The summed E-state index contributed by atoms with van der Waals surface area (Å²) in [7, 11) is 3.51. The maximum atomic E-state index is 5.02. The molecular formula is C10H19N3O. The van der Waals surface area contributed by atoms with Gasteiger partial charge in [-0.1, -0.05) is 6.92 Å². The molecule has 0 N–H and O–H groups in total. The van der Waals surface area contributed by atoms with Crippen LogP contribution in [0.4, 0.5) is 0 Å². The van der Waals surface area contributed by atoms with Crippen molar-refractivity contribution in [2.24, 2.45) is 9.98 Å². The highest BCUT2D eigenvalue weighted by Crippen LogP contribution is 2.01. The summed E-state index contributed by atoms with van der Waals surface area (Å²) in [5.74, 6) is 1.14. The Morgan fingerprint density at radius 2 is 2.21 bits per heavy atom. The number of ether oxygens (including phenoxy) is 1. The highest BCUT2D eigenvalue weighted by Gasteiger charge is 2.03. The first-order valence-electron chi connectivity index (χ1n) is 4.66. The molecule has 0 aliphatic heterocycles. The summed E-state index contributed by atoms with van der Waals surface area (Å²) in [5, 5.41) is 0. The normalized spacial score (nSPS) is 12.6. The van der Waals surface area contributed by atoms with Crippen molar-refractivity contribution in [2.75, 3.05) is 20.7 Å². The first-order valence-corrected chi connectivity index (χ1v) is 4.66. The van der Waals surface area contributed by atoms with Crippen LogP contribution < -0.4 is 0 Å². The Morgan fingerprint density at radius 3 is 2.57 bits per heavy atom. The fourth-order valence-corrected chi connectivity index (χ4v) is 1.00. The maximum Gasteiger partial charge on any atom is 0.227 e. The van der Waals surface area contributed by atoms with E-state index >= 15 is 0 Å². The second-order valence-electron chi connectivity index (χ2n) is 2.82. The van der Waals surface area contributed by atoms with Gasteiger partial charge in [-0.25, -0.2) is 4.99 Å². The van der Waals surface area contributed by atoms with E-state index in [1.807, 2.05) is 18.9 Å². The van der Waals surface area contributed by atoms with Crippen LogP contribution in [0.2, 0.25) is 0 Å². The quantitative estimate of drug-likeness (QED) is 0.392. The number of aliphatic imine (C=N–C) groups is 2. The number of methoxy groups -OCH3 is 1. The molecule has 0 aromatic rings. The summed E-state index contributed by atoms with van der Waals surface area (Å²) in [6.45, 7) is 8.35. The van der Waals surface area contributed by atoms with Gasteiger partial charge in [-0.2, -0.15) is 4.99 Å². The van der Waals surface area contributed by atoms with Gasteiger partial charge in [-0.05, 0) is 26.1 Å². The van der Waals surface area contributed by atoms with Crippen LogP contribution in [0.25, 0.3) is 0 Å². The zero-order valence-corrected chi connectivity index (χ0v) is 9.45. The van der Waals surface area contributed by atoms with E-state index in [1.54, 1.807) is 13.2 Å². The van der Waals surface area contributed by atoms with Crippen molar-refractivity contribution in [1.29, 1.82) is 0 Å². The van der Waals surface area contributed by atoms with E-state index in [2.05, 4.69) is 23.6 Å². The van der Waals surface area contributed by atoms with Gasteiger partial charge in [0.2, 0.25) is 11.8 Å². The van der Waals surface area contributed by atoms with Crippen LogP contribution >= 0.6 is 0 Å². The number of allylic oxidation sites excluding steroid dienone is 1. The fraction of sp³-hybridized carbons (Fsp3) is 0.600. The topological polar surface area (TPSA) is 37.2 Å². The summed E-state index contributed by atoms with van der Waals surface area (Å²) in [4.78, 5) is 9.99. The molecule has 0 aliphatic rings. The molecule has 0 spiro atoms. The third-order valence-corrected chi connectivity index (χ3v) is 1.71. The predicted molar refractivity (Wildman–Crippen MR) is 60.7 cm³/mol. The molecule has 0 aromatic heterocycles. The smallest absolute Gasteiger partial charge is 0.227 e. The maximum absolute atomic E-state index is 5.02. The third-order valence-electron chi connectivity index (χ3n) is 1.71. The van der Waals surface area contributed by atoms with Crippen LogP contribution in [-0.2, 0) is 4.74 Å². The largest absolute Gasteiger partial charge is 0.481 e. The molecule has 4 nitrogen and oxygen atoms in total. The summed E-state index contributed by atoms with van der Waals surface area (Å²) in [5.41, 5.74) is 0. The molecule has 14 heavy (non-hydrogen) atoms. The summed E-state index contributed by atoms with van der Waals surface area (Å²) in [6, 6.07) is 0. The van der Waals surface area contributed by atoms with Crippen LogP contribution in [0.5, 0.6) is 0 Å². The van der Waals surface area contributed by atoms with Gasteiger partial charge in [0.25, 0.3) is 0 Å². The predicted octanol–water partition coefficient (Wildman–Crippen LogP) is 1.89. The standard InChI is InChI=1S/C10H19N3O/c1-6-8-13(4)10(11-3)12-9(7-2)14-5/h7H,3,6,8H2,1-2,4-5H3. The lowest BCUT2D eigenvalue weighted by Crippen LogP contribution is -2.25. The molecule has 0 radical (unpaired) electrons. The second-order valence-corrected chi connectivity index (χ2v) is 2.82. The zero-order chi connectivity index (χ0) is 11.0. The van der Waals surface area contributed by atoms with E-state index in [0.717, 1.165) is 13.0 Å². The van der Waals surface area contributed by atoms with E-state index in [1.165, 1.54) is 0 Å². The molecule has 0 heterocycles. The summed E-state index contributed by atoms with van der Waals surface area (Å²) >= 11 is 0. The third kappa shape index (κ3) is 4.07. The van der Waals surface area contributed by atoms with Crippen molar-refractivity contribution >= 4 is 12.7 Å². The first kappa shape index (κ1) is 12.7. The zero-order valence-electron chi connectivity index (χ0n) is 9.45. The Morgan fingerprint density at radius 1 is 1.57 bits per heavy atom. The molecule has 0 bridgehead atoms. The number of hydrogen-bond acceptors (Lipinski definition) is 2. The SMILES string of the molecule is C=NC(=NC(=CC)OC)N(C)CCC. The van der Waals surface area contributed by atoms with Gasteiger partial charge in [0.15, 0.2) is 0 Å². The molecule has 0 aliphatic carbocycles. The minimum absolute atomic E-state index is 0.551. The summed E-state index contributed by atoms with van der Waals surface area (Å²) < 4.78 is 5.02. The van der Waals surface area contributed by atoms with Crippen molar-refractivity contribution in [2.45, 2.75) is 20.3 Å². The Bertz CT molecular complexity index is 234. The molecule has 0 unspecified atom stereocenters. The fourth-order valence-electron chi connectivity index (χ4n) is 1.00. The van der Waals surface area contributed by atoms with Gasteiger partial charge < -0.3 is 9.64 Å². The van der Waals surface area contributed by atoms with E-state index < -0.39 is 0 Å². The van der Waals surface area contributed by atoms with E-state index in [4.69, 9.17) is 4.74 Å². The van der Waals surface area contributed by atoms with E-state index in [9.17, 15) is 0 Å². The van der Waals surface area contributed by atoms with Gasteiger partial charge in [0, 0.05) is 13.6 Å². The molecule has 0 aromatic carbocycles. The molecule has 0 fully saturated rings. The highest BCUT2D eigenvalue weighted by molar-refractivity contribution is 5.84. The molecule has 0 atom stereocenters. The number of nitrogens with zero attached hydrogens (tertiary/aromatic N) is 3. The van der Waals surface area contributed by atoms with Crippen LogP contribution in [0, 0.1) is 0 Å². The molecule has 4 heteroatoms. The van der Waals surface area contributed by atoms with E-state index in [-0.39, 0.29) is 0 Å². The minimum Gasteiger partial charge on any atom is -0.481 e. The molecule has 0 saturated heterocycles. The first-order chi connectivity index (χ1) is 6.69. The van der Waals surface area contributed by atoms with Gasteiger partial charge in [-0.3, -0.25) is 0 Å². The number of hydrogen-bond donors (Lipinski definition) is 0. The highest BCUT2D eigenvalue weighted by atomic mass is 16.5. The van der Waals surface area contributed by atoms with Gasteiger partial charge in [-0.15, -0.1) is 0 Å². The lowest BCUT2D eigenvalue weighted by molar-refractivity contribution is 0.286. The van der Waals surface area contributed by atoms with Crippen LogP contribution in [0.1, 0.15) is 20.3 Å². The molecule has 0 rings (SSSR count). The van der Waals surface area contributed by atoms with E-state index in [0.29, 0.717) is 11.8 Å². The van der Waals surface area contributed by atoms with Crippen LogP contribution in [0.15, 0.2) is 21.9 Å². The molecule has 0 saturated carbocycles. The second kappa shape index (κ2) is 7.12. The minimum atomic E-state index is 0.551. The van der Waals surface area contributed by atoms with Crippen molar-refractivity contribution in [3.05, 3.63) is 12.0 Å². The lowest BCUT2D eigenvalue weighted by Gasteiger charge is -2.16. The van der Waals surface area contributed by atoms with Crippen LogP contribution in [0.3, 0.4) is 0 Å². The van der Waals surface area contributed by atoms with Crippen molar-refractivity contribution in [3.8, 4) is 0 Å². The van der Waals surface area contributed by atoms with Gasteiger partial charge in [0.1, 0.15) is 0 Å². The Hall–Kier alpha value is -1.32. The lowest BCUT2D eigenvalue weighted by atomic mass is 10.4. The number of guanidine groups is 1.